The van der Waals surface area contributed by atoms with Crippen LogP contribution in [0.1, 0.15) is 63.1 Å². The molecule has 1 aromatic rings. The fourth-order valence-electron chi connectivity index (χ4n) is 4.06. The monoisotopic (exact) mass is 306 g/mol. The smallest absolute Gasteiger partial charge is 0.0283 e. The number of benzene rings is 1. The Morgan fingerprint density at radius 1 is 1.05 bits per heavy atom. The van der Waals surface area contributed by atoms with Gasteiger partial charge in [-0.05, 0) is 68.3 Å². The van der Waals surface area contributed by atoms with Crippen molar-refractivity contribution in [2.75, 3.05) is 5.88 Å². The van der Waals surface area contributed by atoms with Gasteiger partial charge in [0.05, 0.1) is 0 Å². The average Bonchev–Trinajstić information content (AvgIpc) is 2.37. The van der Waals surface area contributed by atoms with E-state index in [1.54, 1.807) is 0 Å². The summed E-state index contributed by atoms with van der Waals surface area (Å²) in [4.78, 5) is 0. The fraction of sp³-hybridized carbons (Fsp3) is 0.700. The zero-order valence-electron chi connectivity index (χ0n) is 14.4. The molecule has 0 saturated heterocycles. The number of hydrogen-bond acceptors (Lipinski definition) is 0. The summed E-state index contributed by atoms with van der Waals surface area (Å²) in [5.74, 6) is 1.66. The predicted molar refractivity (Wildman–Crippen MR) is 94.2 cm³/mol. The Morgan fingerprint density at radius 3 is 2.00 bits per heavy atom. The number of alkyl halides is 1. The van der Waals surface area contributed by atoms with Crippen LogP contribution in [-0.2, 0) is 6.42 Å². The van der Waals surface area contributed by atoms with Crippen LogP contribution in [0.5, 0.6) is 0 Å². The number of hydrogen-bond donors (Lipinski definition) is 0. The van der Waals surface area contributed by atoms with Crippen LogP contribution in [0.25, 0.3) is 0 Å². The molecule has 0 radical (unpaired) electrons. The SMILES string of the molecule is Cc1cc(C)cc(CC2(CCl)CCC(C(C)(C)C)CC2)c1. The van der Waals surface area contributed by atoms with Gasteiger partial charge in [-0.15, -0.1) is 11.6 Å². The Bertz CT molecular complexity index is 453. The quantitative estimate of drug-likeness (QED) is 0.574. The van der Waals surface area contributed by atoms with Crippen molar-refractivity contribution in [3.63, 3.8) is 0 Å². The van der Waals surface area contributed by atoms with Gasteiger partial charge in [0, 0.05) is 5.88 Å². The van der Waals surface area contributed by atoms with Gasteiger partial charge in [-0.1, -0.05) is 50.1 Å². The maximum Gasteiger partial charge on any atom is 0.0283 e. The molecule has 0 bridgehead atoms. The van der Waals surface area contributed by atoms with E-state index in [1.807, 2.05) is 0 Å². The first kappa shape index (κ1) is 16.9. The summed E-state index contributed by atoms with van der Waals surface area (Å²) in [6, 6.07) is 6.95. The van der Waals surface area contributed by atoms with Gasteiger partial charge >= 0.3 is 0 Å². The first-order valence-electron chi connectivity index (χ1n) is 8.37. The van der Waals surface area contributed by atoms with Crippen LogP contribution < -0.4 is 0 Å². The minimum atomic E-state index is 0.323. The van der Waals surface area contributed by atoms with E-state index in [9.17, 15) is 0 Å². The molecule has 21 heavy (non-hydrogen) atoms. The molecule has 0 nitrogen and oxygen atoms in total. The molecule has 1 aliphatic rings. The molecule has 2 rings (SSSR count). The summed E-state index contributed by atoms with van der Waals surface area (Å²) in [6.07, 6.45) is 6.38. The maximum absolute atomic E-state index is 6.43. The van der Waals surface area contributed by atoms with Crippen molar-refractivity contribution in [3.8, 4) is 0 Å². The van der Waals surface area contributed by atoms with E-state index in [0.29, 0.717) is 10.8 Å². The van der Waals surface area contributed by atoms with Gasteiger partial charge in [0.15, 0.2) is 0 Å². The van der Waals surface area contributed by atoms with Crippen molar-refractivity contribution >= 4 is 11.6 Å². The molecule has 0 amide bonds. The van der Waals surface area contributed by atoms with Crippen molar-refractivity contribution in [2.45, 2.75) is 66.7 Å². The molecule has 0 aromatic heterocycles. The second kappa shape index (κ2) is 6.32. The van der Waals surface area contributed by atoms with Crippen LogP contribution in [0.15, 0.2) is 18.2 Å². The first-order chi connectivity index (χ1) is 9.74. The molecular weight excluding hydrogens is 276 g/mol. The normalized spacial score (nSPS) is 26.9. The van der Waals surface area contributed by atoms with Gasteiger partial charge in [0.1, 0.15) is 0 Å². The highest BCUT2D eigenvalue weighted by Crippen LogP contribution is 2.47. The molecule has 0 aliphatic heterocycles. The topological polar surface area (TPSA) is 0 Å². The highest BCUT2D eigenvalue weighted by Gasteiger charge is 2.38. The molecule has 1 fully saturated rings. The summed E-state index contributed by atoms with van der Waals surface area (Å²) >= 11 is 6.43. The van der Waals surface area contributed by atoms with E-state index in [-0.39, 0.29) is 0 Å². The van der Waals surface area contributed by atoms with Gasteiger partial charge in [0.25, 0.3) is 0 Å². The third-order valence-corrected chi connectivity index (χ3v) is 5.98. The van der Waals surface area contributed by atoms with Gasteiger partial charge in [0.2, 0.25) is 0 Å². The van der Waals surface area contributed by atoms with Gasteiger partial charge in [-0.2, -0.15) is 0 Å². The molecule has 1 heteroatoms. The number of rotatable bonds is 3. The number of aryl methyl sites for hydroxylation is 2. The highest BCUT2D eigenvalue weighted by molar-refractivity contribution is 6.18. The van der Waals surface area contributed by atoms with Crippen molar-refractivity contribution < 1.29 is 0 Å². The Hall–Kier alpha value is -0.490. The fourth-order valence-corrected chi connectivity index (χ4v) is 4.42. The third-order valence-electron chi connectivity index (χ3n) is 5.42. The molecule has 0 spiro atoms. The van der Waals surface area contributed by atoms with Crippen LogP contribution in [0.3, 0.4) is 0 Å². The lowest BCUT2D eigenvalue weighted by Gasteiger charge is -2.43. The maximum atomic E-state index is 6.43. The zero-order chi connectivity index (χ0) is 15.7. The minimum Gasteiger partial charge on any atom is -0.126 e. The molecule has 0 heterocycles. The van der Waals surface area contributed by atoms with Gasteiger partial charge in [-0.25, -0.2) is 0 Å². The van der Waals surface area contributed by atoms with Crippen molar-refractivity contribution in [2.24, 2.45) is 16.7 Å². The zero-order valence-corrected chi connectivity index (χ0v) is 15.2. The van der Waals surface area contributed by atoms with Crippen LogP contribution in [0.4, 0.5) is 0 Å². The Labute approximate surface area is 136 Å². The average molecular weight is 307 g/mol. The second-order valence-corrected chi connectivity index (χ2v) is 8.71. The predicted octanol–water partition coefficient (Wildman–Crippen LogP) is 6.31. The summed E-state index contributed by atoms with van der Waals surface area (Å²) in [7, 11) is 0. The van der Waals surface area contributed by atoms with E-state index < -0.39 is 0 Å². The summed E-state index contributed by atoms with van der Waals surface area (Å²) in [5.41, 5.74) is 4.99. The standard InChI is InChI=1S/C20H31Cl/c1-15-10-16(2)12-17(11-15)13-20(14-21)8-6-18(7-9-20)19(3,4)5/h10-12,18H,6-9,13-14H2,1-5H3. The molecule has 1 saturated carbocycles. The van der Waals surface area contributed by atoms with Crippen molar-refractivity contribution in [3.05, 3.63) is 34.9 Å². The van der Waals surface area contributed by atoms with E-state index in [2.05, 4.69) is 52.8 Å². The first-order valence-corrected chi connectivity index (χ1v) is 8.91. The van der Waals surface area contributed by atoms with E-state index in [0.717, 1.165) is 18.2 Å². The lowest BCUT2D eigenvalue weighted by atomic mass is 9.63. The second-order valence-electron chi connectivity index (χ2n) is 8.45. The van der Waals surface area contributed by atoms with E-state index in [1.165, 1.54) is 42.4 Å². The third kappa shape index (κ3) is 4.25. The lowest BCUT2D eigenvalue weighted by molar-refractivity contribution is 0.102. The highest BCUT2D eigenvalue weighted by atomic mass is 35.5. The molecular formula is C20H31Cl. The Kier molecular flexibility index (Phi) is 5.08. The van der Waals surface area contributed by atoms with Gasteiger partial charge < -0.3 is 0 Å². The van der Waals surface area contributed by atoms with Crippen LogP contribution in [0, 0.1) is 30.6 Å². The molecule has 0 unspecified atom stereocenters. The molecule has 0 atom stereocenters. The van der Waals surface area contributed by atoms with Crippen LogP contribution in [0.2, 0.25) is 0 Å². The van der Waals surface area contributed by atoms with E-state index >= 15 is 0 Å². The summed E-state index contributed by atoms with van der Waals surface area (Å²) in [6.45, 7) is 11.5. The van der Waals surface area contributed by atoms with Crippen LogP contribution in [-0.4, -0.2) is 5.88 Å². The molecule has 118 valence electrons. The lowest BCUT2D eigenvalue weighted by Crippen LogP contribution is -2.35. The summed E-state index contributed by atoms with van der Waals surface area (Å²) < 4.78 is 0. The molecule has 1 aromatic carbocycles. The van der Waals surface area contributed by atoms with Crippen LogP contribution >= 0.6 is 11.6 Å². The Morgan fingerprint density at radius 2 is 1.57 bits per heavy atom. The number of halogens is 1. The molecule has 1 aliphatic carbocycles. The largest absolute Gasteiger partial charge is 0.126 e. The Balaban J connectivity index is 2.10. The molecule has 0 N–H and O–H groups in total. The van der Waals surface area contributed by atoms with Gasteiger partial charge in [-0.3, -0.25) is 0 Å². The minimum absolute atomic E-state index is 0.323. The van der Waals surface area contributed by atoms with E-state index in [4.69, 9.17) is 11.6 Å². The van der Waals surface area contributed by atoms with Crippen molar-refractivity contribution in [1.82, 2.24) is 0 Å². The summed E-state index contributed by atoms with van der Waals surface area (Å²) in [5, 5.41) is 0. The van der Waals surface area contributed by atoms with Crippen molar-refractivity contribution in [1.29, 1.82) is 0 Å².